The van der Waals surface area contributed by atoms with Crippen molar-refractivity contribution in [2.45, 2.75) is 12.8 Å². The second kappa shape index (κ2) is 8.16. The largest absolute Gasteiger partial charge is 0.497 e. The highest BCUT2D eigenvalue weighted by Crippen LogP contribution is 2.23. The number of hydrogen-bond donors (Lipinski definition) is 1. The van der Waals surface area contributed by atoms with Crippen molar-refractivity contribution in [2.75, 3.05) is 25.5 Å². The van der Waals surface area contributed by atoms with Crippen LogP contribution in [0.2, 0.25) is 0 Å². The van der Waals surface area contributed by atoms with Gasteiger partial charge in [0.15, 0.2) is 0 Å². The molecule has 2 amide bonds. The Balaban J connectivity index is 1.57. The molecule has 1 aliphatic rings. The van der Waals surface area contributed by atoms with Gasteiger partial charge in [-0.25, -0.2) is 8.78 Å². The summed E-state index contributed by atoms with van der Waals surface area (Å²) in [5.41, 5.74) is 0.566. The Kier molecular flexibility index (Phi) is 5.69. The number of para-hydroxylation sites is 1. The van der Waals surface area contributed by atoms with Crippen LogP contribution in [0.3, 0.4) is 0 Å². The minimum absolute atomic E-state index is 0.0323. The molecule has 1 heterocycles. The van der Waals surface area contributed by atoms with E-state index in [0.29, 0.717) is 13.0 Å². The van der Waals surface area contributed by atoms with Gasteiger partial charge in [-0.2, -0.15) is 0 Å². The van der Waals surface area contributed by atoms with Crippen LogP contribution >= 0.6 is 0 Å². The van der Waals surface area contributed by atoms with Gasteiger partial charge in [-0.05, 0) is 36.2 Å². The van der Waals surface area contributed by atoms with Crippen molar-refractivity contribution in [2.24, 2.45) is 5.92 Å². The Bertz CT molecular complexity index is 819. The molecule has 142 valence electrons. The summed E-state index contributed by atoms with van der Waals surface area (Å²) in [4.78, 5) is 26.1. The first-order valence-electron chi connectivity index (χ1n) is 8.63. The van der Waals surface area contributed by atoms with E-state index in [1.807, 2.05) is 24.3 Å². The molecule has 0 radical (unpaired) electrons. The first-order chi connectivity index (χ1) is 13.0. The van der Waals surface area contributed by atoms with Crippen LogP contribution in [0.15, 0.2) is 42.5 Å². The molecular weight excluding hydrogens is 354 g/mol. The fraction of sp³-hybridized carbons (Fsp3) is 0.300. The van der Waals surface area contributed by atoms with Gasteiger partial charge in [-0.15, -0.1) is 0 Å². The highest BCUT2D eigenvalue weighted by Gasteiger charge is 2.34. The molecule has 1 fully saturated rings. The number of anilines is 1. The summed E-state index contributed by atoms with van der Waals surface area (Å²) >= 11 is 0. The predicted octanol–water partition coefficient (Wildman–Crippen LogP) is 3.00. The van der Waals surface area contributed by atoms with Crippen LogP contribution in [0.5, 0.6) is 5.75 Å². The minimum Gasteiger partial charge on any atom is -0.497 e. The summed E-state index contributed by atoms with van der Waals surface area (Å²) in [5.74, 6) is -2.26. The van der Waals surface area contributed by atoms with E-state index in [-0.39, 0.29) is 18.9 Å². The third-order valence-electron chi connectivity index (χ3n) is 4.63. The Morgan fingerprint density at radius 1 is 1.19 bits per heavy atom. The molecule has 0 aliphatic carbocycles. The molecular formula is C20H20F2N2O3. The van der Waals surface area contributed by atoms with Crippen LogP contribution in [0.4, 0.5) is 14.5 Å². The van der Waals surface area contributed by atoms with E-state index in [9.17, 15) is 18.4 Å². The summed E-state index contributed by atoms with van der Waals surface area (Å²) in [6.45, 7) is 0.708. The number of carbonyl (C=O) groups excluding carboxylic acids is 2. The molecule has 0 spiro atoms. The second-order valence-corrected chi connectivity index (χ2v) is 6.42. The van der Waals surface area contributed by atoms with Crippen molar-refractivity contribution >= 4 is 17.5 Å². The Morgan fingerprint density at radius 2 is 1.85 bits per heavy atom. The molecule has 0 saturated carbocycles. The number of nitrogens with zero attached hydrogens (tertiary/aromatic N) is 1. The van der Waals surface area contributed by atoms with E-state index < -0.39 is 29.1 Å². The van der Waals surface area contributed by atoms with Gasteiger partial charge in [0, 0.05) is 19.5 Å². The molecule has 1 N–H and O–H groups in total. The fourth-order valence-corrected chi connectivity index (χ4v) is 3.06. The Hall–Kier alpha value is -2.96. The third kappa shape index (κ3) is 4.42. The number of amides is 2. The van der Waals surface area contributed by atoms with Gasteiger partial charge in [0.25, 0.3) is 0 Å². The van der Waals surface area contributed by atoms with Crippen LogP contribution < -0.4 is 10.1 Å². The molecule has 3 rings (SSSR count). The molecule has 0 bridgehead atoms. The highest BCUT2D eigenvalue weighted by molar-refractivity contribution is 5.97. The summed E-state index contributed by atoms with van der Waals surface area (Å²) < 4.78 is 32.5. The SMILES string of the molecule is COc1ccc(CCN2CC(C(=O)Nc3c(F)cccc3F)CC2=O)cc1. The normalized spacial score (nSPS) is 16.5. The van der Waals surface area contributed by atoms with Gasteiger partial charge in [0.1, 0.15) is 23.1 Å². The van der Waals surface area contributed by atoms with Crippen LogP contribution in [-0.2, 0) is 16.0 Å². The average molecular weight is 374 g/mol. The smallest absolute Gasteiger partial charge is 0.229 e. The number of nitrogens with one attached hydrogen (secondary N) is 1. The van der Waals surface area contributed by atoms with Gasteiger partial charge in [-0.1, -0.05) is 18.2 Å². The number of hydrogen-bond acceptors (Lipinski definition) is 3. The van der Waals surface area contributed by atoms with Gasteiger partial charge < -0.3 is 15.0 Å². The number of rotatable bonds is 6. The monoisotopic (exact) mass is 374 g/mol. The zero-order chi connectivity index (χ0) is 19.4. The van der Waals surface area contributed by atoms with E-state index in [4.69, 9.17) is 4.74 Å². The molecule has 1 aliphatic heterocycles. The average Bonchev–Trinajstić information content (AvgIpc) is 3.04. The number of ether oxygens (including phenoxy) is 1. The molecule has 2 aromatic rings. The molecule has 1 saturated heterocycles. The predicted molar refractivity (Wildman–Crippen MR) is 96.4 cm³/mol. The molecule has 0 aromatic heterocycles. The van der Waals surface area contributed by atoms with Crippen molar-refractivity contribution in [3.05, 3.63) is 59.7 Å². The maximum absolute atomic E-state index is 13.7. The zero-order valence-corrected chi connectivity index (χ0v) is 14.9. The number of likely N-dealkylation sites (tertiary alicyclic amines) is 1. The zero-order valence-electron chi connectivity index (χ0n) is 14.9. The second-order valence-electron chi connectivity index (χ2n) is 6.42. The van der Waals surface area contributed by atoms with Gasteiger partial charge in [-0.3, -0.25) is 9.59 Å². The van der Waals surface area contributed by atoms with Crippen LogP contribution in [0, 0.1) is 17.6 Å². The summed E-state index contributed by atoms with van der Waals surface area (Å²) in [6, 6.07) is 10.9. The quantitative estimate of drug-likeness (QED) is 0.846. The first kappa shape index (κ1) is 18.8. The Labute approximate surface area is 155 Å². The number of halogens is 2. The first-order valence-corrected chi connectivity index (χ1v) is 8.63. The van der Waals surface area contributed by atoms with Crippen molar-refractivity contribution in [1.82, 2.24) is 4.90 Å². The third-order valence-corrected chi connectivity index (χ3v) is 4.63. The molecule has 7 heteroatoms. The molecule has 27 heavy (non-hydrogen) atoms. The number of benzene rings is 2. The summed E-state index contributed by atoms with van der Waals surface area (Å²) in [5, 5.41) is 2.27. The molecule has 1 atom stereocenters. The standard InChI is InChI=1S/C20H20F2N2O3/c1-27-15-7-5-13(6-8-15)9-10-24-12-14(11-18(24)25)20(26)23-19-16(21)3-2-4-17(19)22/h2-8,14H,9-12H2,1H3,(H,23,26). The summed E-state index contributed by atoms with van der Waals surface area (Å²) in [7, 11) is 1.59. The van der Waals surface area contributed by atoms with Gasteiger partial charge in [0.05, 0.1) is 13.0 Å². The lowest BCUT2D eigenvalue weighted by Gasteiger charge is -2.17. The maximum atomic E-state index is 13.7. The number of methoxy groups -OCH3 is 1. The van der Waals surface area contributed by atoms with Crippen molar-refractivity contribution in [3.63, 3.8) is 0 Å². The van der Waals surface area contributed by atoms with E-state index in [1.165, 1.54) is 6.07 Å². The lowest BCUT2D eigenvalue weighted by atomic mass is 10.1. The van der Waals surface area contributed by atoms with Crippen molar-refractivity contribution in [3.8, 4) is 5.75 Å². The van der Waals surface area contributed by atoms with E-state index in [0.717, 1.165) is 23.4 Å². The lowest BCUT2D eigenvalue weighted by molar-refractivity contribution is -0.128. The molecule has 5 nitrogen and oxygen atoms in total. The summed E-state index contributed by atoms with van der Waals surface area (Å²) in [6.07, 6.45) is 0.677. The van der Waals surface area contributed by atoms with E-state index in [2.05, 4.69) is 5.32 Å². The van der Waals surface area contributed by atoms with Crippen LogP contribution in [-0.4, -0.2) is 36.9 Å². The van der Waals surface area contributed by atoms with Crippen LogP contribution in [0.25, 0.3) is 0 Å². The highest BCUT2D eigenvalue weighted by atomic mass is 19.1. The van der Waals surface area contributed by atoms with Crippen molar-refractivity contribution in [1.29, 1.82) is 0 Å². The fourth-order valence-electron chi connectivity index (χ4n) is 3.06. The number of carbonyl (C=O) groups is 2. The minimum atomic E-state index is -0.843. The van der Waals surface area contributed by atoms with Crippen molar-refractivity contribution < 1.29 is 23.1 Å². The Morgan fingerprint density at radius 3 is 2.48 bits per heavy atom. The van der Waals surface area contributed by atoms with Gasteiger partial charge >= 0.3 is 0 Å². The molecule has 1 unspecified atom stereocenters. The topological polar surface area (TPSA) is 58.6 Å². The molecule has 2 aromatic carbocycles. The van der Waals surface area contributed by atoms with E-state index >= 15 is 0 Å². The lowest BCUT2D eigenvalue weighted by Crippen LogP contribution is -2.30. The van der Waals surface area contributed by atoms with Crippen LogP contribution in [0.1, 0.15) is 12.0 Å². The van der Waals surface area contributed by atoms with E-state index in [1.54, 1.807) is 12.0 Å². The maximum Gasteiger partial charge on any atom is 0.229 e. The van der Waals surface area contributed by atoms with Gasteiger partial charge in [0.2, 0.25) is 11.8 Å².